The number of aromatic nitrogens is 2. The van der Waals surface area contributed by atoms with Gasteiger partial charge < -0.3 is 9.84 Å². The van der Waals surface area contributed by atoms with Gasteiger partial charge in [0, 0.05) is 23.9 Å². The molecule has 1 aliphatic heterocycles. The van der Waals surface area contributed by atoms with Crippen molar-refractivity contribution in [1.29, 1.82) is 0 Å². The highest BCUT2D eigenvalue weighted by Crippen LogP contribution is 2.44. The van der Waals surface area contributed by atoms with Gasteiger partial charge in [0.15, 0.2) is 5.13 Å². The zero-order valence-corrected chi connectivity index (χ0v) is 20.5. The number of nitrogens with zero attached hydrogens (tertiary/aromatic N) is 4. The molecule has 0 saturated carbocycles. The minimum Gasteiger partial charge on any atom is -0.507 e. The first-order valence-electron chi connectivity index (χ1n) is 11.3. The molecule has 186 valence electrons. The smallest absolute Gasteiger partial charge is 0.301 e. The number of carbonyl (C=O) groups excluding carboxylic acids is 2. The van der Waals surface area contributed by atoms with Gasteiger partial charge in [-0.2, -0.15) is 0 Å². The Morgan fingerprint density at radius 2 is 1.95 bits per heavy atom. The van der Waals surface area contributed by atoms with Gasteiger partial charge in [0.1, 0.15) is 17.6 Å². The van der Waals surface area contributed by atoms with Crippen molar-refractivity contribution in [2.24, 2.45) is 0 Å². The molecule has 1 unspecified atom stereocenters. The first kappa shape index (κ1) is 24.1. The van der Waals surface area contributed by atoms with Gasteiger partial charge in [0.05, 0.1) is 32.5 Å². The number of nitro benzene ring substituents is 1. The molecule has 11 heteroatoms. The lowest BCUT2D eigenvalue weighted by atomic mass is 9.98. The van der Waals surface area contributed by atoms with Crippen LogP contribution in [-0.4, -0.2) is 37.8 Å². The number of aliphatic hydroxyl groups is 1. The number of hydrogen-bond acceptors (Lipinski definition) is 9. The summed E-state index contributed by atoms with van der Waals surface area (Å²) in [6.45, 7) is 3.73. The molecule has 5 rings (SSSR count). The molecule has 1 amide bonds. The zero-order chi connectivity index (χ0) is 26.3. The number of aliphatic hydroxyl groups excluding tert-OH is 1. The van der Waals surface area contributed by atoms with Gasteiger partial charge in [0.2, 0.25) is 0 Å². The Bertz CT molecular complexity index is 1580. The fourth-order valence-corrected chi connectivity index (χ4v) is 5.13. The number of ether oxygens (including phenoxy) is 1. The van der Waals surface area contributed by atoms with Crippen LogP contribution in [0.1, 0.15) is 31.1 Å². The van der Waals surface area contributed by atoms with E-state index in [4.69, 9.17) is 4.74 Å². The number of fused-ring (bicyclic) bond motifs is 1. The van der Waals surface area contributed by atoms with Gasteiger partial charge in [-0.15, -0.1) is 0 Å². The van der Waals surface area contributed by atoms with Crippen LogP contribution in [-0.2, 0) is 9.59 Å². The second-order valence-corrected chi connectivity index (χ2v) is 9.53. The van der Waals surface area contributed by atoms with Crippen LogP contribution in [0.25, 0.3) is 16.0 Å². The number of nitro groups is 1. The van der Waals surface area contributed by atoms with E-state index in [2.05, 4.69) is 9.97 Å². The normalized spacial score (nSPS) is 17.1. The zero-order valence-electron chi connectivity index (χ0n) is 19.7. The predicted octanol–water partition coefficient (Wildman–Crippen LogP) is 5.01. The molecule has 4 aromatic rings. The van der Waals surface area contributed by atoms with Crippen LogP contribution < -0.4 is 9.64 Å². The molecule has 3 heterocycles. The topological polar surface area (TPSA) is 136 Å². The molecule has 0 bridgehead atoms. The van der Waals surface area contributed by atoms with Crippen molar-refractivity contribution in [2.45, 2.75) is 26.0 Å². The Labute approximate surface area is 214 Å². The van der Waals surface area contributed by atoms with Crippen LogP contribution in [0.3, 0.4) is 0 Å². The summed E-state index contributed by atoms with van der Waals surface area (Å²) in [5.41, 5.74) is 0.830. The standard InChI is InChI=1S/C26H20N4O6S/c1-14(2)36-17-7-5-6-15(12-17)23(31)21-22(19-8-3-4-11-27-19)29(25(33)24(21)32)26-28-18-10-9-16(30(34)35)13-20(18)37-26/h3-14,22,31H,1-2H3/b23-21+. The summed E-state index contributed by atoms with van der Waals surface area (Å²) in [7, 11) is 0. The van der Waals surface area contributed by atoms with Crippen molar-refractivity contribution >= 4 is 49.8 Å². The Morgan fingerprint density at radius 1 is 1.14 bits per heavy atom. The third-order valence-electron chi connectivity index (χ3n) is 5.67. The van der Waals surface area contributed by atoms with Gasteiger partial charge in [-0.25, -0.2) is 4.98 Å². The molecule has 10 nitrogen and oxygen atoms in total. The number of non-ortho nitro benzene ring substituents is 1. The summed E-state index contributed by atoms with van der Waals surface area (Å²) in [6, 6.07) is 14.8. The molecule has 2 aromatic carbocycles. The van der Waals surface area contributed by atoms with Crippen LogP contribution in [0.15, 0.2) is 72.4 Å². The second kappa shape index (κ2) is 9.43. The van der Waals surface area contributed by atoms with Crippen molar-refractivity contribution in [2.75, 3.05) is 4.90 Å². The second-order valence-electron chi connectivity index (χ2n) is 8.52. The SMILES string of the molecule is CC(C)Oc1cccc(/C(O)=C2\C(=O)C(=O)N(c3nc4ccc([N+](=O)[O-])cc4s3)C2c2ccccn2)c1. The number of pyridine rings is 1. The molecule has 0 radical (unpaired) electrons. The lowest BCUT2D eigenvalue weighted by Gasteiger charge is -2.22. The van der Waals surface area contributed by atoms with E-state index in [-0.39, 0.29) is 28.3 Å². The van der Waals surface area contributed by atoms with Crippen LogP contribution in [0.2, 0.25) is 0 Å². The summed E-state index contributed by atoms with van der Waals surface area (Å²) in [4.78, 5) is 47.4. The monoisotopic (exact) mass is 516 g/mol. The van der Waals surface area contributed by atoms with Gasteiger partial charge in [-0.3, -0.25) is 29.6 Å². The highest BCUT2D eigenvalue weighted by Gasteiger charge is 2.48. The number of hydrogen-bond donors (Lipinski definition) is 1. The third kappa shape index (κ3) is 4.40. The number of amides is 1. The number of ketones is 1. The minimum absolute atomic E-state index is 0.105. The fraction of sp³-hybridized carbons (Fsp3) is 0.154. The van der Waals surface area contributed by atoms with E-state index in [0.717, 1.165) is 11.3 Å². The van der Waals surface area contributed by atoms with Crippen LogP contribution in [0, 0.1) is 10.1 Å². The maximum absolute atomic E-state index is 13.3. The lowest BCUT2D eigenvalue weighted by molar-refractivity contribution is -0.384. The van der Waals surface area contributed by atoms with E-state index in [0.29, 0.717) is 27.2 Å². The van der Waals surface area contributed by atoms with E-state index < -0.39 is 22.7 Å². The number of rotatable bonds is 6. The summed E-state index contributed by atoms with van der Waals surface area (Å²) < 4.78 is 6.19. The molecular formula is C26H20N4O6S. The van der Waals surface area contributed by atoms with Crippen LogP contribution >= 0.6 is 11.3 Å². The van der Waals surface area contributed by atoms with E-state index >= 15 is 0 Å². The quantitative estimate of drug-likeness (QED) is 0.124. The van der Waals surface area contributed by atoms with E-state index in [1.54, 1.807) is 42.5 Å². The molecule has 0 spiro atoms. The van der Waals surface area contributed by atoms with E-state index in [1.165, 1.54) is 29.3 Å². The maximum Gasteiger partial charge on any atom is 0.301 e. The van der Waals surface area contributed by atoms with Crippen LogP contribution in [0.5, 0.6) is 5.75 Å². The molecule has 0 aliphatic carbocycles. The van der Waals surface area contributed by atoms with Crippen molar-refractivity contribution < 1.29 is 24.4 Å². The Morgan fingerprint density at radius 3 is 2.65 bits per heavy atom. The predicted molar refractivity (Wildman–Crippen MR) is 138 cm³/mol. The van der Waals surface area contributed by atoms with Gasteiger partial charge in [0.25, 0.3) is 11.5 Å². The number of benzene rings is 2. The average Bonchev–Trinajstić information content (AvgIpc) is 3.41. The number of thiazole rings is 1. The number of Topliss-reactive ketones (excluding diaryl/α,β-unsaturated/α-hetero) is 1. The van der Waals surface area contributed by atoms with Crippen molar-refractivity contribution in [1.82, 2.24) is 9.97 Å². The molecule has 1 fully saturated rings. The Kier molecular flexibility index (Phi) is 6.14. The molecule has 2 aromatic heterocycles. The Hall–Kier alpha value is -4.64. The fourth-order valence-electron chi connectivity index (χ4n) is 4.11. The molecule has 1 atom stereocenters. The summed E-state index contributed by atoms with van der Waals surface area (Å²) in [5.74, 6) is -1.66. The first-order valence-corrected chi connectivity index (χ1v) is 12.1. The molecule has 1 saturated heterocycles. The van der Waals surface area contributed by atoms with Gasteiger partial charge in [-0.05, 0) is 44.2 Å². The van der Waals surface area contributed by atoms with Crippen molar-refractivity contribution in [3.05, 3.63) is 93.8 Å². The first-order chi connectivity index (χ1) is 17.7. The number of carbonyl (C=O) groups is 2. The average molecular weight is 517 g/mol. The number of anilines is 1. The maximum atomic E-state index is 13.3. The molecule has 37 heavy (non-hydrogen) atoms. The van der Waals surface area contributed by atoms with Crippen LogP contribution in [0.4, 0.5) is 10.8 Å². The minimum atomic E-state index is -1.06. The highest BCUT2D eigenvalue weighted by atomic mass is 32.1. The third-order valence-corrected chi connectivity index (χ3v) is 6.69. The highest BCUT2D eigenvalue weighted by molar-refractivity contribution is 7.22. The lowest BCUT2D eigenvalue weighted by Crippen LogP contribution is -2.29. The molecule has 1 N–H and O–H groups in total. The van der Waals surface area contributed by atoms with Crippen molar-refractivity contribution in [3.63, 3.8) is 0 Å². The summed E-state index contributed by atoms with van der Waals surface area (Å²) in [6.07, 6.45) is 1.42. The van der Waals surface area contributed by atoms with Crippen molar-refractivity contribution in [3.8, 4) is 5.75 Å². The van der Waals surface area contributed by atoms with E-state index in [1.807, 2.05) is 13.8 Å². The molecule has 1 aliphatic rings. The summed E-state index contributed by atoms with van der Waals surface area (Å²) in [5, 5.41) is 22.7. The summed E-state index contributed by atoms with van der Waals surface area (Å²) >= 11 is 1.03. The van der Waals surface area contributed by atoms with Gasteiger partial charge in [-0.1, -0.05) is 29.5 Å². The molecular weight excluding hydrogens is 496 g/mol. The van der Waals surface area contributed by atoms with E-state index in [9.17, 15) is 24.8 Å². The van der Waals surface area contributed by atoms with Gasteiger partial charge >= 0.3 is 5.91 Å². The Balaban J connectivity index is 1.67. The largest absolute Gasteiger partial charge is 0.507 e.